The third-order valence-corrected chi connectivity index (χ3v) is 4.91. The van der Waals surface area contributed by atoms with Crippen LogP contribution in [-0.2, 0) is 13.1 Å². The number of hydrogen-bond donors (Lipinski definition) is 2. The van der Waals surface area contributed by atoms with Crippen LogP contribution in [0, 0.1) is 5.82 Å². The van der Waals surface area contributed by atoms with Crippen LogP contribution >= 0.6 is 0 Å². The van der Waals surface area contributed by atoms with Gasteiger partial charge in [0.15, 0.2) is 11.5 Å². The zero-order valence-corrected chi connectivity index (χ0v) is 15.0. The van der Waals surface area contributed by atoms with E-state index in [2.05, 4.69) is 12.1 Å². The van der Waals surface area contributed by atoms with Gasteiger partial charge in [-0.3, -0.25) is 0 Å². The maximum absolute atomic E-state index is 13.3. The molecule has 0 unspecified atom stereocenters. The van der Waals surface area contributed by atoms with Crippen molar-refractivity contribution in [2.75, 3.05) is 40.4 Å². The first-order valence-corrected chi connectivity index (χ1v) is 8.80. The van der Waals surface area contributed by atoms with Crippen LogP contribution in [0.4, 0.5) is 4.39 Å². The van der Waals surface area contributed by atoms with Crippen molar-refractivity contribution in [2.45, 2.75) is 13.1 Å². The van der Waals surface area contributed by atoms with Crippen LogP contribution in [0.5, 0.6) is 11.5 Å². The molecule has 1 heterocycles. The first-order chi connectivity index (χ1) is 12.2. The summed E-state index contributed by atoms with van der Waals surface area (Å²) in [4.78, 5) is 3.11. The Bertz CT molecular complexity index is 700. The molecule has 1 aliphatic heterocycles. The standard InChI is InChI=1S/C20H25FN2O2/c1-24-19-7-6-17(13-20(19)25-2)15-23-10-8-22(9-11-23)14-16-4-3-5-18(21)12-16/h3-7,12-13H,8-11,14-15H2,1-2H3/p+2. The number of benzene rings is 2. The molecule has 2 aromatic rings. The summed E-state index contributed by atoms with van der Waals surface area (Å²) in [6.45, 7) is 6.37. The molecule has 2 N–H and O–H groups in total. The fourth-order valence-electron chi connectivity index (χ4n) is 3.53. The van der Waals surface area contributed by atoms with Crippen LogP contribution in [0.3, 0.4) is 0 Å². The molecule has 5 heteroatoms. The van der Waals surface area contributed by atoms with Crippen molar-refractivity contribution in [1.82, 2.24) is 0 Å². The normalized spacial score (nSPS) is 20.3. The molecule has 134 valence electrons. The van der Waals surface area contributed by atoms with Crippen LogP contribution in [0.15, 0.2) is 42.5 Å². The third-order valence-electron chi connectivity index (χ3n) is 4.91. The van der Waals surface area contributed by atoms with Gasteiger partial charge in [-0.05, 0) is 30.3 Å². The van der Waals surface area contributed by atoms with Gasteiger partial charge >= 0.3 is 0 Å². The van der Waals surface area contributed by atoms with Gasteiger partial charge in [0.2, 0.25) is 0 Å². The van der Waals surface area contributed by atoms with Gasteiger partial charge in [0.25, 0.3) is 0 Å². The average Bonchev–Trinajstić information content (AvgIpc) is 2.63. The lowest BCUT2D eigenvalue weighted by Crippen LogP contribution is -3.27. The van der Waals surface area contributed by atoms with Crippen molar-refractivity contribution in [2.24, 2.45) is 0 Å². The molecule has 0 aromatic heterocycles. The lowest BCUT2D eigenvalue weighted by Gasteiger charge is -2.30. The predicted molar refractivity (Wildman–Crippen MR) is 94.7 cm³/mol. The minimum Gasteiger partial charge on any atom is -0.493 e. The molecule has 1 fully saturated rings. The first-order valence-electron chi connectivity index (χ1n) is 8.80. The van der Waals surface area contributed by atoms with Crippen molar-refractivity contribution < 1.29 is 23.7 Å². The molecule has 25 heavy (non-hydrogen) atoms. The molecule has 1 saturated heterocycles. The van der Waals surface area contributed by atoms with Gasteiger partial charge in [-0.2, -0.15) is 0 Å². The highest BCUT2D eigenvalue weighted by Crippen LogP contribution is 2.27. The second-order valence-corrected chi connectivity index (χ2v) is 6.67. The van der Waals surface area contributed by atoms with E-state index in [1.165, 1.54) is 16.5 Å². The smallest absolute Gasteiger partial charge is 0.161 e. The Labute approximate surface area is 148 Å². The molecule has 0 amide bonds. The van der Waals surface area contributed by atoms with E-state index >= 15 is 0 Å². The van der Waals surface area contributed by atoms with Crippen LogP contribution < -0.4 is 19.3 Å². The molecular formula is C20H27FN2O2+2. The third kappa shape index (κ3) is 4.71. The Morgan fingerprint density at radius 2 is 1.40 bits per heavy atom. The highest BCUT2D eigenvalue weighted by molar-refractivity contribution is 5.42. The monoisotopic (exact) mass is 346 g/mol. The molecule has 2 aromatic carbocycles. The summed E-state index contributed by atoms with van der Waals surface area (Å²) in [5, 5.41) is 0. The summed E-state index contributed by atoms with van der Waals surface area (Å²) in [6, 6.07) is 13.1. The molecule has 0 saturated carbocycles. The number of piperazine rings is 1. The molecule has 0 bridgehead atoms. The number of hydrogen-bond acceptors (Lipinski definition) is 2. The molecule has 0 radical (unpaired) electrons. The van der Waals surface area contributed by atoms with Gasteiger partial charge < -0.3 is 19.3 Å². The number of halogens is 1. The quantitative estimate of drug-likeness (QED) is 0.789. The number of ether oxygens (including phenoxy) is 2. The lowest BCUT2D eigenvalue weighted by molar-refractivity contribution is -1.02. The highest BCUT2D eigenvalue weighted by Gasteiger charge is 2.23. The average molecular weight is 346 g/mol. The van der Waals surface area contributed by atoms with Gasteiger partial charge in [0, 0.05) is 11.1 Å². The van der Waals surface area contributed by atoms with Crippen molar-refractivity contribution in [1.29, 1.82) is 0 Å². The highest BCUT2D eigenvalue weighted by atomic mass is 19.1. The van der Waals surface area contributed by atoms with Crippen LogP contribution in [0.1, 0.15) is 11.1 Å². The lowest BCUT2D eigenvalue weighted by atomic mass is 10.1. The molecule has 4 nitrogen and oxygen atoms in total. The largest absolute Gasteiger partial charge is 0.493 e. The Morgan fingerprint density at radius 3 is 1.96 bits per heavy atom. The second kappa shape index (κ2) is 8.32. The molecule has 0 atom stereocenters. The van der Waals surface area contributed by atoms with E-state index in [1.807, 2.05) is 12.1 Å². The summed E-state index contributed by atoms with van der Waals surface area (Å²) >= 11 is 0. The summed E-state index contributed by atoms with van der Waals surface area (Å²) in [5.74, 6) is 1.41. The Hall–Kier alpha value is -2.11. The van der Waals surface area contributed by atoms with E-state index in [4.69, 9.17) is 9.47 Å². The van der Waals surface area contributed by atoms with E-state index < -0.39 is 0 Å². The van der Waals surface area contributed by atoms with Crippen molar-refractivity contribution in [3.05, 3.63) is 59.4 Å². The van der Waals surface area contributed by atoms with Crippen LogP contribution in [0.2, 0.25) is 0 Å². The molecule has 0 spiro atoms. The Kier molecular flexibility index (Phi) is 5.89. The first kappa shape index (κ1) is 17.7. The van der Waals surface area contributed by atoms with Crippen molar-refractivity contribution in [3.8, 4) is 11.5 Å². The minimum atomic E-state index is -0.144. The second-order valence-electron chi connectivity index (χ2n) is 6.67. The summed E-state index contributed by atoms with van der Waals surface area (Å²) in [6.07, 6.45) is 0. The predicted octanol–water partition coefficient (Wildman–Crippen LogP) is 0.327. The van der Waals surface area contributed by atoms with E-state index in [0.717, 1.165) is 56.3 Å². The SMILES string of the molecule is COc1ccc(C[NH+]2CC[NH+](Cc3cccc(F)c3)CC2)cc1OC. The van der Waals surface area contributed by atoms with Gasteiger partial charge in [-0.15, -0.1) is 0 Å². The summed E-state index contributed by atoms with van der Waals surface area (Å²) in [5.41, 5.74) is 2.35. The Balaban J connectivity index is 1.52. The fourth-order valence-corrected chi connectivity index (χ4v) is 3.53. The van der Waals surface area contributed by atoms with Gasteiger partial charge in [0.05, 0.1) is 14.2 Å². The van der Waals surface area contributed by atoms with Gasteiger partial charge in [0.1, 0.15) is 45.1 Å². The van der Waals surface area contributed by atoms with Crippen LogP contribution in [-0.4, -0.2) is 40.4 Å². The molecule has 0 aliphatic carbocycles. The zero-order valence-electron chi connectivity index (χ0n) is 15.0. The number of nitrogens with one attached hydrogen (secondary N) is 2. The number of rotatable bonds is 6. The maximum Gasteiger partial charge on any atom is 0.161 e. The van der Waals surface area contributed by atoms with E-state index in [0.29, 0.717) is 0 Å². The van der Waals surface area contributed by atoms with E-state index in [-0.39, 0.29) is 5.82 Å². The summed E-state index contributed by atoms with van der Waals surface area (Å²) < 4.78 is 24.0. The topological polar surface area (TPSA) is 27.3 Å². The fraction of sp³-hybridized carbons (Fsp3) is 0.400. The van der Waals surface area contributed by atoms with Gasteiger partial charge in [-0.1, -0.05) is 12.1 Å². The molecular weight excluding hydrogens is 319 g/mol. The zero-order chi connectivity index (χ0) is 17.6. The number of methoxy groups -OCH3 is 2. The molecule has 1 aliphatic rings. The molecule has 3 rings (SSSR count). The van der Waals surface area contributed by atoms with Crippen molar-refractivity contribution >= 4 is 0 Å². The minimum absolute atomic E-state index is 0.144. The maximum atomic E-state index is 13.3. The van der Waals surface area contributed by atoms with Gasteiger partial charge in [-0.25, -0.2) is 4.39 Å². The van der Waals surface area contributed by atoms with E-state index in [1.54, 1.807) is 31.3 Å². The van der Waals surface area contributed by atoms with Crippen molar-refractivity contribution in [3.63, 3.8) is 0 Å². The number of quaternary nitrogens is 2. The Morgan fingerprint density at radius 1 is 0.800 bits per heavy atom. The van der Waals surface area contributed by atoms with E-state index in [9.17, 15) is 4.39 Å². The summed E-state index contributed by atoms with van der Waals surface area (Å²) in [7, 11) is 3.33. The van der Waals surface area contributed by atoms with Crippen LogP contribution in [0.25, 0.3) is 0 Å².